The number of rotatable bonds is 7. The Kier molecular flexibility index (Phi) is 6.84. The molecule has 3 rings (SSSR count). The van der Waals surface area contributed by atoms with Crippen molar-refractivity contribution in [3.63, 3.8) is 0 Å². The third kappa shape index (κ3) is 5.45. The van der Waals surface area contributed by atoms with Crippen LogP contribution in [0.4, 0.5) is 10.5 Å². The summed E-state index contributed by atoms with van der Waals surface area (Å²) in [6.45, 7) is 6.59. The number of aromatic nitrogens is 2. The van der Waals surface area contributed by atoms with Crippen molar-refractivity contribution in [1.82, 2.24) is 20.4 Å². The van der Waals surface area contributed by atoms with E-state index in [4.69, 9.17) is 4.52 Å². The minimum absolute atomic E-state index is 0.0893. The molecule has 0 saturated heterocycles. The van der Waals surface area contributed by atoms with Crippen LogP contribution in [-0.4, -0.2) is 41.7 Å². The number of hydrogen-bond donors (Lipinski definition) is 2. The third-order valence-electron chi connectivity index (χ3n) is 4.89. The smallest absolute Gasteiger partial charge is 0.319 e. The van der Waals surface area contributed by atoms with Crippen LogP contribution in [0.5, 0.6) is 0 Å². The molecular formula is C23H29N5O2. The van der Waals surface area contributed by atoms with Gasteiger partial charge in [-0.3, -0.25) is 0 Å². The van der Waals surface area contributed by atoms with Gasteiger partial charge in [0.1, 0.15) is 0 Å². The molecule has 2 aromatic carbocycles. The van der Waals surface area contributed by atoms with Gasteiger partial charge in [0, 0.05) is 23.7 Å². The van der Waals surface area contributed by atoms with Crippen molar-refractivity contribution in [3.8, 4) is 11.5 Å². The Morgan fingerprint density at radius 2 is 1.73 bits per heavy atom. The maximum Gasteiger partial charge on any atom is 0.319 e. The van der Waals surface area contributed by atoms with Crippen LogP contribution in [0.3, 0.4) is 0 Å². The van der Waals surface area contributed by atoms with Gasteiger partial charge in [0.2, 0.25) is 0 Å². The second kappa shape index (κ2) is 9.54. The van der Waals surface area contributed by atoms with Crippen LogP contribution in [0.15, 0.2) is 53.1 Å². The van der Waals surface area contributed by atoms with E-state index >= 15 is 0 Å². The van der Waals surface area contributed by atoms with E-state index in [0.717, 1.165) is 11.1 Å². The lowest BCUT2D eigenvalue weighted by atomic mass is 10.0. The Labute approximate surface area is 177 Å². The summed E-state index contributed by atoms with van der Waals surface area (Å²) in [6.07, 6.45) is 0. The van der Waals surface area contributed by atoms with Crippen LogP contribution < -0.4 is 10.6 Å². The summed E-state index contributed by atoms with van der Waals surface area (Å²) in [5, 5.41) is 9.80. The van der Waals surface area contributed by atoms with Crippen LogP contribution in [-0.2, 0) is 0 Å². The van der Waals surface area contributed by atoms with E-state index in [1.165, 1.54) is 5.56 Å². The fourth-order valence-electron chi connectivity index (χ4n) is 3.03. The molecule has 158 valence electrons. The van der Waals surface area contributed by atoms with Crippen LogP contribution in [0, 0.1) is 6.92 Å². The molecule has 30 heavy (non-hydrogen) atoms. The minimum atomic E-state index is -0.249. The fourth-order valence-corrected chi connectivity index (χ4v) is 3.03. The lowest BCUT2D eigenvalue weighted by Gasteiger charge is -2.25. The second-order valence-electron chi connectivity index (χ2n) is 7.91. The lowest BCUT2D eigenvalue weighted by Crippen LogP contribution is -2.36. The molecule has 0 aliphatic heterocycles. The molecule has 0 bridgehead atoms. The fraction of sp³-hybridized carbons (Fsp3) is 0.348. The average Bonchev–Trinajstić information content (AvgIpc) is 3.20. The maximum absolute atomic E-state index is 12.4. The normalized spacial score (nSPS) is 12.2. The number of carbonyl (C=O) groups is 1. The molecule has 2 amide bonds. The summed E-state index contributed by atoms with van der Waals surface area (Å²) in [5.74, 6) is 1.36. The summed E-state index contributed by atoms with van der Waals surface area (Å²) in [4.78, 5) is 18.9. The number of nitrogens with zero attached hydrogens (tertiary/aromatic N) is 3. The zero-order valence-electron chi connectivity index (χ0n) is 18.1. The number of urea groups is 1. The van der Waals surface area contributed by atoms with Gasteiger partial charge < -0.3 is 20.1 Å². The van der Waals surface area contributed by atoms with E-state index in [-0.39, 0.29) is 18.0 Å². The highest BCUT2D eigenvalue weighted by molar-refractivity contribution is 5.89. The van der Waals surface area contributed by atoms with Crippen molar-refractivity contribution >= 4 is 11.7 Å². The van der Waals surface area contributed by atoms with Gasteiger partial charge >= 0.3 is 6.03 Å². The first-order valence-electron chi connectivity index (χ1n) is 10.1. The highest BCUT2D eigenvalue weighted by Crippen LogP contribution is 2.22. The average molecular weight is 408 g/mol. The van der Waals surface area contributed by atoms with Gasteiger partial charge in [0.25, 0.3) is 5.89 Å². The van der Waals surface area contributed by atoms with E-state index < -0.39 is 0 Å². The summed E-state index contributed by atoms with van der Waals surface area (Å²) in [5.41, 5.74) is 3.88. The molecule has 2 N–H and O–H groups in total. The van der Waals surface area contributed by atoms with Crippen molar-refractivity contribution in [1.29, 1.82) is 0 Å². The van der Waals surface area contributed by atoms with Crippen molar-refractivity contribution in [2.45, 2.75) is 32.7 Å². The second-order valence-corrected chi connectivity index (χ2v) is 7.91. The molecule has 1 unspecified atom stereocenters. The molecule has 0 fully saturated rings. The number of anilines is 1. The van der Waals surface area contributed by atoms with Crippen molar-refractivity contribution < 1.29 is 9.32 Å². The number of amides is 2. The predicted octanol–water partition coefficient (Wildman–Crippen LogP) is 4.59. The van der Waals surface area contributed by atoms with E-state index in [1.54, 1.807) is 0 Å². The number of benzene rings is 2. The molecule has 3 aromatic rings. The Balaban J connectivity index is 1.58. The molecule has 1 aromatic heterocycles. The molecule has 7 heteroatoms. The Morgan fingerprint density at radius 1 is 1.07 bits per heavy atom. The number of hydrogen-bond acceptors (Lipinski definition) is 5. The van der Waals surface area contributed by atoms with E-state index in [0.29, 0.717) is 23.9 Å². The van der Waals surface area contributed by atoms with Gasteiger partial charge in [-0.25, -0.2) is 4.79 Å². The molecule has 0 aliphatic carbocycles. The Morgan fingerprint density at radius 3 is 2.30 bits per heavy atom. The lowest BCUT2D eigenvalue weighted by molar-refractivity contribution is 0.243. The Hall–Kier alpha value is -3.19. The first kappa shape index (κ1) is 21.5. The SMILES string of the molecule is Cc1ccc(C(CNC(=O)Nc2ccc(-c3nc(C(C)C)no3)cc2)N(C)C)cc1. The quantitative estimate of drug-likeness (QED) is 0.598. The Bertz CT molecular complexity index is 962. The third-order valence-corrected chi connectivity index (χ3v) is 4.89. The van der Waals surface area contributed by atoms with Crippen molar-refractivity contribution in [2.75, 3.05) is 26.0 Å². The highest BCUT2D eigenvalue weighted by Gasteiger charge is 2.16. The molecule has 0 saturated carbocycles. The van der Waals surface area contributed by atoms with Gasteiger partial charge in [0.05, 0.1) is 6.04 Å². The van der Waals surface area contributed by atoms with Crippen LogP contribution in [0.25, 0.3) is 11.5 Å². The summed E-state index contributed by atoms with van der Waals surface area (Å²) in [6, 6.07) is 15.5. The monoisotopic (exact) mass is 407 g/mol. The topological polar surface area (TPSA) is 83.3 Å². The summed E-state index contributed by atoms with van der Waals surface area (Å²) < 4.78 is 5.30. The van der Waals surface area contributed by atoms with Gasteiger partial charge in [-0.2, -0.15) is 4.98 Å². The number of nitrogens with one attached hydrogen (secondary N) is 2. The first-order valence-corrected chi connectivity index (χ1v) is 10.1. The van der Waals surface area contributed by atoms with Crippen LogP contribution in [0.1, 0.15) is 42.8 Å². The van der Waals surface area contributed by atoms with Gasteiger partial charge in [-0.1, -0.05) is 48.8 Å². The van der Waals surface area contributed by atoms with Crippen molar-refractivity contribution in [2.24, 2.45) is 0 Å². The minimum Gasteiger partial charge on any atom is -0.336 e. The van der Waals surface area contributed by atoms with E-state index in [2.05, 4.69) is 56.9 Å². The molecule has 7 nitrogen and oxygen atoms in total. The number of carbonyl (C=O) groups excluding carboxylic acids is 1. The van der Waals surface area contributed by atoms with E-state index in [9.17, 15) is 4.79 Å². The molecule has 0 spiro atoms. The standard InChI is InChI=1S/C23H29N5O2/c1-15(2)21-26-22(30-27-21)18-10-12-19(13-11-18)25-23(29)24-14-20(28(4)5)17-8-6-16(3)7-9-17/h6-13,15,20H,14H2,1-5H3,(H2,24,25,29). The van der Waals surface area contributed by atoms with Crippen LogP contribution >= 0.6 is 0 Å². The summed E-state index contributed by atoms with van der Waals surface area (Å²) in [7, 11) is 4.01. The van der Waals surface area contributed by atoms with Gasteiger partial charge in [0.15, 0.2) is 5.82 Å². The number of aryl methyl sites for hydroxylation is 1. The molecule has 1 atom stereocenters. The first-order chi connectivity index (χ1) is 14.3. The van der Waals surface area contributed by atoms with E-state index in [1.807, 2.05) is 52.2 Å². The molecular weight excluding hydrogens is 378 g/mol. The highest BCUT2D eigenvalue weighted by atomic mass is 16.5. The van der Waals surface area contributed by atoms with Gasteiger partial charge in [-0.05, 0) is 50.8 Å². The molecule has 0 aliphatic rings. The molecule has 0 radical (unpaired) electrons. The van der Waals surface area contributed by atoms with Gasteiger partial charge in [-0.15, -0.1) is 0 Å². The zero-order valence-corrected chi connectivity index (χ0v) is 18.1. The van der Waals surface area contributed by atoms with Crippen LogP contribution in [0.2, 0.25) is 0 Å². The number of likely N-dealkylation sites (N-methyl/N-ethyl adjacent to an activating group) is 1. The summed E-state index contributed by atoms with van der Waals surface area (Å²) >= 11 is 0. The predicted molar refractivity (Wildman–Crippen MR) is 118 cm³/mol. The largest absolute Gasteiger partial charge is 0.336 e. The van der Waals surface area contributed by atoms with Crippen molar-refractivity contribution in [3.05, 3.63) is 65.5 Å². The zero-order chi connectivity index (χ0) is 21.7. The maximum atomic E-state index is 12.4. The molecule has 1 heterocycles.